The number of aliphatic carboxylic acids is 1. The molecule has 0 saturated heterocycles. The molecule has 0 atom stereocenters. The molecule has 1 aliphatic carbocycles. The van der Waals surface area contributed by atoms with Gasteiger partial charge in [0.2, 0.25) is 0 Å². The van der Waals surface area contributed by atoms with Crippen molar-refractivity contribution in [3.05, 3.63) is 0 Å². The van der Waals surface area contributed by atoms with Gasteiger partial charge in [-0.05, 0) is 25.7 Å². The van der Waals surface area contributed by atoms with E-state index in [1.807, 2.05) is 0 Å². The van der Waals surface area contributed by atoms with Gasteiger partial charge >= 0.3 is 11.9 Å². The number of nitrogens with zero attached hydrogens (tertiary/aromatic N) is 1. The third kappa shape index (κ3) is 2.44. The normalized spacial score (nSPS) is 16.4. The quantitative estimate of drug-likeness (QED) is 0.659. The minimum absolute atomic E-state index is 0.488. The molecule has 1 fully saturated rings. The van der Waals surface area contributed by atoms with Gasteiger partial charge in [0, 0.05) is 13.1 Å². The van der Waals surface area contributed by atoms with E-state index in [-0.39, 0.29) is 0 Å². The average molecular weight is 185 g/mol. The Kier molecular flexibility index (Phi) is 3.28. The summed E-state index contributed by atoms with van der Waals surface area (Å²) in [7, 11) is 0. The van der Waals surface area contributed by atoms with Crippen LogP contribution in [0.4, 0.5) is 0 Å². The number of hydrogen-bond acceptors (Lipinski definition) is 2. The second kappa shape index (κ2) is 4.25. The van der Waals surface area contributed by atoms with Crippen LogP contribution in [0.2, 0.25) is 0 Å². The zero-order valence-electron chi connectivity index (χ0n) is 7.82. The highest BCUT2D eigenvalue weighted by molar-refractivity contribution is 6.31. The number of amides is 1. The van der Waals surface area contributed by atoms with E-state index in [1.165, 1.54) is 11.3 Å². The number of carboxylic acid groups (broad SMARTS) is 1. The molecule has 13 heavy (non-hydrogen) atoms. The van der Waals surface area contributed by atoms with Crippen molar-refractivity contribution in [2.24, 2.45) is 5.92 Å². The van der Waals surface area contributed by atoms with Crippen LogP contribution in [0.15, 0.2) is 0 Å². The monoisotopic (exact) mass is 185 g/mol. The van der Waals surface area contributed by atoms with Crippen molar-refractivity contribution in [3.63, 3.8) is 0 Å². The molecule has 0 unspecified atom stereocenters. The van der Waals surface area contributed by atoms with Crippen LogP contribution in [0, 0.1) is 5.92 Å². The molecule has 0 aromatic heterocycles. The second-order valence-corrected chi connectivity index (χ2v) is 3.45. The Labute approximate surface area is 77.5 Å². The van der Waals surface area contributed by atoms with Crippen molar-refractivity contribution in [1.29, 1.82) is 0 Å². The lowest BCUT2D eigenvalue weighted by atomic mass is 9.85. The van der Waals surface area contributed by atoms with Gasteiger partial charge in [-0.3, -0.25) is 4.79 Å². The van der Waals surface area contributed by atoms with Crippen LogP contribution < -0.4 is 0 Å². The third-order valence-corrected chi connectivity index (χ3v) is 2.56. The highest BCUT2D eigenvalue weighted by Gasteiger charge is 2.25. The molecule has 1 saturated carbocycles. The van der Waals surface area contributed by atoms with Gasteiger partial charge < -0.3 is 10.0 Å². The first-order valence-electron chi connectivity index (χ1n) is 4.67. The van der Waals surface area contributed by atoms with Crippen molar-refractivity contribution >= 4 is 11.9 Å². The Morgan fingerprint density at radius 2 is 2.08 bits per heavy atom. The first kappa shape index (κ1) is 10.0. The van der Waals surface area contributed by atoms with E-state index in [1.54, 1.807) is 6.92 Å². The number of likely N-dealkylation sites (N-methyl/N-ethyl adjacent to an activating group) is 1. The van der Waals surface area contributed by atoms with Gasteiger partial charge in [-0.2, -0.15) is 0 Å². The first-order chi connectivity index (χ1) is 6.15. The molecule has 0 bridgehead atoms. The maximum atomic E-state index is 11.1. The lowest BCUT2D eigenvalue weighted by Gasteiger charge is -2.30. The number of hydrogen-bond donors (Lipinski definition) is 1. The Hall–Kier alpha value is -1.06. The van der Waals surface area contributed by atoms with Gasteiger partial charge in [0.1, 0.15) is 0 Å². The fourth-order valence-corrected chi connectivity index (χ4v) is 1.48. The zero-order valence-corrected chi connectivity index (χ0v) is 7.82. The summed E-state index contributed by atoms with van der Waals surface area (Å²) in [5.74, 6) is -1.58. The summed E-state index contributed by atoms with van der Waals surface area (Å²) in [6.45, 7) is 2.91. The Morgan fingerprint density at radius 3 is 2.38 bits per heavy atom. The topological polar surface area (TPSA) is 57.6 Å². The Bertz CT molecular complexity index is 211. The van der Waals surface area contributed by atoms with Crippen LogP contribution in [0.25, 0.3) is 0 Å². The van der Waals surface area contributed by atoms with E-state index >= 15 is 0 Å². The summed E-state index contributed by atoms with van der Waals surface area (Å²) in [6.07, 6.45) is 3.47. The van der Waals surface area contributed by atoms with E-state index in [2.05, 4.69) is 0 Å². The second-order valence-electron chi connectivity index (χ2n) is 3.45. The molecule has 0 heterocycles. The summed E-state index contributed by atoms with van der Waals surface area (Å²) in [6, 6.07) is 0. The lowest BCUT2D eigenvalue weighted by Crippen LogP contribution is -2.40. The number of carboxylic acids is 1. The molecule has 0 aliphatic heterocycles. The number of carbonyl (C=O) groups excluding carboxylic acids is 1. The highest BCUT2D eigenvalue weighted by Crippen LogP contribution is 2.26. The molecule has 1 amide bonds. The molecule has 1 rings (SSSR count). The van der Waals surface area contributed by atoms with Crippen LogP contribution >= 0.6 is 0 Å². The highest BCUT2D eigenvalue weighted by atomic mass is 16.4. The molecule has 0 radical (unpaired) electrons. The smallest absolute Gasteiger partial charge is 0.394 e. The van der Waals surface area contributed by atoms with E-state index < -0.39 is 11.9 Å². The standard InChI is InChI=1S/C9H15NO3/c1-2-10(8(11)9(12)13)6-7-4-3-5-7/h7H,2-6H2,1H3,(H,12,13). The zero-order chi connectivity index (χ0) is 9.84. The van der Waals surface area contributed by atoms with E-state index in [9.17, 15) is 9.59 Å². The van der Waals surface area contributed by atoms with Gasteiger partial charge in [0.25, 0.3) is 0 Å². The Balaban J connectivity index is 2.41. The summed E-state index contributed by atoms with van der Waals surface area (Å²) >= 11 is 0. The molecule has 1 N–H and O–H groups in total. The van der Waals surface area contributed by atoms with E-state index in [0.717, 1.165) is 12.8 Å². The summed E-state index contributed by atoms with van der Waals surface area (Å²) in [5, 5.41) is 8.50. The molecular formula is C9H15NO3. The van der Waals surface area contributed by atoms with Crippen molar-refractivity contribution in [1.82, 2.24) is 4.90 Å². The van der Waals surface area contributed by atoms with Gasteiger partial charge in [0.05, 0.1) is 0 Å². The Morgan fingerprint density at radius 1 is 1.46 bits per heavy atom. The fourth-order valence-electron chi connectivity index (χ4n) is 1.48. The molecule has 74 valence electrons. The van der Waals surface area contributed by atoms with Crippen LogP contribution in [0.5, 0.6) is 0 Å². The van der Waals surface area contributed by atoms with Crippen LogP contribution in [0.3, 0.4) is 0 Å². The third-order valence-electron chi connectivity index (χ3n) is 2.56. The number of rotatable bonds is 3. The molecule has 4 heteroatoms. The maximum Gasteiger partial charge on any atom is 0.394 e. The molecular weight excluding hydrogens is 170 g/mol. The van der Waals surface area contributed by atoms with Crippen molar-refractivity contribution in [2.45, 2.75) is 26.2 Å². The van der Waals surface area contributed by atoms with E-state index in [0.29, 0.717) is 19.0 Å². The average Bonchev–Trinajstić information content (AvgIpc) is 2.02. The van der Waals surface area contributed by atoms with E-state index in [4.69, 9.17) is 5.11 Å². The molecule has 1 aliphatic rings. The predicted octanol–water partition coefficient (Wildman–Crippen LogP) is 0.720. The van der Waals surface area contributed by atoms with Crippen molar-refractivity contribution in [3.8, 4) is 0 Å². The first-order valence-corrected chi connectivity index (χ1v) is 4.67. The van der Waals surface area contributed by atoms with Gasteiger partial charge in [0.15, 0.2) is 0 Å². The van der Waals surface area contributed by atoms with Crippen LogP contribution in [0.1, 0.15) is 26.2 Å². The van der Waals surface area contributed by atoms with Crippen LogP contribution in [-0.2, 0) is 9.59 Å². The molecule has 0 aromatic rings. The fraction of sp³-hybridized carbons (Fsp3) is 0.778. The summed E-state index contributed by atoms with van der Waals surface area (Å²) in [4.78, 5) is 22.9. The number of carbonyl (C=O) groups is 2. The minimum Gasteiger partial charge on any atom is -0.474 e. The predicted molar refractivity (Wildman–Crippen MR) is 47.2 cm³/mol. The molecule has 0 aromatic carbocycles. The van der Waals surface area contributed by atoms with Crippen molar-refractivity contribution < 1.29 is 14.7 Å². The van der Waals surface area contributed by atoms with Gasteiger partial charge in [-0.1, -0.05) is 6.42 Å². The lowest BCUT2D eigenvalue weighted by molar-refractivity contribution is -0.156. The molecule has 0 spiro atoms. The van der Waals surface area contributed by atoms with Gasteiger partial charge in [-0.25, -0.2) is 4.79 Å². The summed E-state index contributed by atoms with van der Waals surface area (Å²) < 4.78 is 0. The van der Waals surface area contributed by atoms with Gasteiger partial charge in [-0.15, -0.1) is 0 Å². The minimum atomic E-state index is -1.35. The van der Waals surface area contributed by atoms with Crippen molar-refractivity contribution in [2.75, 3.05) is 13.1 Å². The molecule has 4 nitrogen and oxygen atoms in total. The summed E-state index contributed by atoms with van der Waals surface area (Å²) in [5.41, 5.74) is 0. The SMILES string of the molecule is CCN(CC1CCC1)C(=O)C(=O)O. The van der Waals surface area contributed by atoms with Crippen LogP contribution in [-0.4, -0.2) is 35.0 Å². The maximum absolute atomic E-state index is 11.1. The largest absolute Gasteiger partial charge is 0.474 e.